The molecule has 0 amide bonds. The van der Waals surface area contributed by atoms with Gasteiger partial charge in [0.1, 0.15) is 5.75 Å². The number of phenols is 1. The van der Waals surface area contributed by atoms with Crippen molar-refractivity contribution in [2.45, 2.75) is 25.8 Å². The van der Waals surface area contributed by atoms with Gasteiger partial charge in [-0.15, -0.1) is 0 Å². The molecule has 0 unspecified atom stereocenters. The van der Waals surface area contributed by atoms with Crippen LogP contribution in [0.5, 0.6) is 5.75 Å². The van der Waals surface area contributed by atoms with Gasteiger partial charge in [-0.2, -0.15) is 0 Å². The number of hydrogen-bond acceptors (Lipinski definition) is 3. The summed E-state index contributed by atoms with van der Waals surface area (Å²) in [5.74, 6) is 1.07. The summed E-state index contributed by atoms with van der Waals surface area (Å²) in [5, 5.41) is 18.6. The minimum Gasteiger partial charge on any atom is -0.508 e. The molecule has 3 heteroatoms. The van der Waals surface area contributed by atoms with Gasteiger partial charge in [0.25, 0.3) is 0 Å². The predicted octanol–water partition coefficient (Wildman–Crippen LogP) is 1.99. The molecule has 0 saturated carbocycles. The van der Waals surface area contributed by atoms with Crippen molar-refractivity contribution in [1.29, 1.82) is 0 Å². The van der Waals surface area contributed by atoms with E-state index < -0.39 is 0 Å². The van der Waals surface area contributed by atoms with Crippen LogP contribution in [0.3, 0.4) is 0 Å². The van der Waals surface area contributed by atoms with Crippen molar-refractivity contribution in [2.75, 3.05) is 19.7 Å². The Morgan fingerprint density at radius 1 is 1.18 bits per heavy atom. The van der Waals surface area contributed by atoms with Crippen molar-refractivity contribution < 1.29 is 10.2 Å². The Balaban J connectivity index is 1.84. The molecule has 0 spiro atoms. The normalized spacial score (nSPS) is 18.4. The molecule has 2 rings (SSSR count). The number of nitrogens with zero attached hydrogens (tertiary/aromatic N) is 1. The molecule has 1 aliphatic heterocycles. The van der Waals surface area contributed by atoms with Crippen molar-refractivity contribution in [2.24, 2.45) is 5.92 Å². The second-order valence-electron chi connectivity index (χ2n) is 4.86. The van der Waals surface area contributed by atoms with Crippen LogP contribution < -0.4 is 0 Å². The molecule has 17 heavy (non-hydrogen) atoms. The van der Waals surface area contributed by atoms with Crippen LogP contribution in [0, 0.1) is 5.92 Å². The number of rotatable bonds is 4. The Labute approximate surface area is 103 Å². The number of piperidine rings is 1. The summed E-state index contributed by atoms with van der Waals surface area (Å²) in [6.45, 7) is 3.28. The fourth-order valence-electron chi connectivity index (χ4n) is 2.50. The molecule has 1 saturated heterocycles. The summed E-state index contributed by atoms with van der Waals surface area (Å²) in [7, 11) is 0. The maximum Gasteiger partial charge on any atom is 0.120 e. The van der Waals surface area contributed by atoms with E-state index in [9.17, 15) is 5.11 Å². The topological polar surface area (TPSA) is 43.7 Å². The molecule has 0 atom stereocenters. The average molecular weight is 235 g/mol. The van der Waals surface area contributed by atoms with E-state index in [1.165, 1.54) is 0 Å². The first-order chi connectivity index (χ1) is 8.29. The van der Waals surface area contributed by atoms with Gasteiger partial charge in [-0.25, -0.2) is 0 Å². The van der Waals surface area contributed by atoms with E-state index in [0.717, 1.165) is 44.5 Å². The van der Waals surface area contributed by atoms with Gasteiger partial charge >= 0.3 is 0 Å². The van der Waals surface area contributed by atoms with Crippen LogP contribution >= 0.6 is 0 Å². The number of aromatic hydroxyl groups is 1. The zero-order valence-corrected chi connectivity index (χ0v) is 10.2. The average Bonchev–Trinajstić information content (AvgIpc) is 2.35. The molecule has 1 aliphatic rings. The Morgan fingerprint density at radius 3 is 2.53 bits per heavy atom. The first-order valence-corrected chi connectivity index (χ1v) is 6.39. The van der Waals surface area contributed by atoms with Crippen molar-refractivity contribution in [3.63, 3.8) is 0 Å². The highest BCUT2D eigenvalue weighted by Gasteiger charge is 2.19. The first-order valence-electron chi connectivity index (χ1n) is 6.39. The Morgan fingerprint density at radius 2 is 1.88 bits per heavy atom. The second-order valence-corrected chi connectivity index (χ2v) is 4.86. The van der Waals surface area contributed by atoms with Crippen LogP contribution in [-0.2, 0) is 6.54 Å². The maximum absolute atomic E-state index is 9.72. The summed E-state index contributed by atoms with van der Waals surface area (Å²) in [5.41, 5.74) is 1.01. The Hall–Kier alpha value is -1.06. The molecule has 0 bridgehead atoms. The number of phenolic OH excluding ortho intramolecular Hbond substituents is 1. The number of benzene rings is 1. The summed E-state index contributed by atoms with van der Waals surface area (Å²) < 4.78 is 0. The van der Waals surface area contributed by atoms with Crippen molar-refractivity contribution >= 4 is 0 Å². The third-order valence-electron chi connectivity index (χ3n) is 3.63. The van der Waals surface area contributed by atoms with Crippen LogP contribution in [0.25, 0.3) is 0 Å². The van der Waals surface area contributed by atoms with Gasteiger partial charge in [-0.1, -0.05) is 18.2 Å². The van der Waals surface area contributed by atoms with Gasteiger partial charge in [0.15, 0.2) is 0 Å². The maximum atomic E-state index is 9.72. The number of hydrogen-bond donors (Lipinski definition) is 2. The number of aliphatic hydroxyl groups excluding tert-OH is 1. The molecule has 1 heterocycles. The monoisotopic (exact) mass is 235 g/mol. The molecular formula is C14H21NO2. The minimum atomic E-state index is 0.310. The lowest BCUT2D eigenvalue weighted by molar-refractivity contribution is 0.152. The van der Waals surface area contributed by atoms with Crippen molar-refractivity contribution in [3.8, 4) is 5.75 Å². The summed E-state index contributed by atoms with van der Waals surface area (Å²) in [6, 6.07) is 7.54. The summed E-state index contributed by atoms with van der Waals surface area (Å²) in [4.78, 5) is 2.38. The summed E-state index contributed by atoms with van der Waals surface area (Å²) >= 11 is 0. The lowest BCUT2D eigenvalue weighted by atomic mass is 9.93. The molecule has 1 aromatic carbocycles. The molecule has 94 valence electrons. The molecule has 1 fully saturated rings. The van der Waals surface area contributed by atoms with Crippen LogP contribution in [0.15, 0.2) is 24.3 Å². The zero-order valence-electron chi connectivity index (χ0n) is 10.2. The van der Waals surface area contributed by atoms with Crippen molar-refractivity contribution in [3.05, 3.63) is 29.8 Å². The summed E-state index contributed by atoms with van der Waals surface area (Å²) in [6.07, 6.45) is 3.26. The predicted molar refractivity (Wildman–Crippen MR) is 67.8 cm³/mol. The number of para-hydroxylation sites is 1. The molecule has 0 aromatic heterocycles. The Bertz CT molecular complexity index is 346. The lowest BCUT2D eigenvalue weighted by Crippen LogP contribution is -2.33. The van der Waals surface area contributed by atoms with E-state index >= 15 is 0 Å². The fourth-order valence-corrected chi connectivity index (χ4v) is 2.50. The lowest BCUT2D eigenvalue weighted by Gasteiger charge is -2.31. The van der Waals surface area contributed by atoms with E-state index in [1.54, 1.807) is 6.07 Å². The third-order valence-corrected chi connectivity index (χ3v) is 3.63. The van der Waals surface area contributed by atoms with Crippen LogP contribution in [0.2, 0.25) is 0 Å². The molecule has 1 aromatic rings. The van der Waals surface area contributed by atoms with Crippen LogP contribution in [-0.4, -0.2) is 34.8 Å². The van der Waals surface area contributed by atoms with Gasteiger partial charge in [0.05, 0.1) is 0 Å². The highest BCUT2D eigenvalue weighted by atomic mass is 16.3. The molecule has 0 aliphatic carbocycles. The standard InChI is InChI=1S/C14H21NO2/c16-10-7-12-5-8-15(9-6-12)11-13-3-1-2-4-14(13)17/h1-4,12,16-17H,5-11H2. The molecule has 3 nitrogen and oxygen atoms in total. The molecule has 2 N–H and O–H groups in total. The minimum absolute atomic E-state index is 0.310. The SMILES string of the molecule is OCCC1CCN(Cc2ccccc2O)CC1. The fraction of sp³-hybridized carbons (Fsp3) is 0.571. The van der Waals surface area contributed by atoms with Gasteiger partial charge < -0.3 is 10.2 Å². The van der Waals surface area contributed by atoms with E-state index in [-0.39, 0.29) is 0 Å². The van der Waals surface area contributed by atoms with Crippen LogP contribution in [0.4, 0.5) is 0 Å². The van der Waals surface area contributed by atoms with Gasteiger partial charge in [0, 0.05) is 18.7 Å². The van der Waals surface area contributed by atoms with E-state index in [0.29, 0.717) is 18.3 Å². The largest absolute Gasteiger partial charge is 0.508 e. The first kappa shape index (κ1) is 12.4. The van der Waals surface area contributed by atoms with E-state index in [2.05, 4.69) is 4.90 Å². The van der Waals surface area contributed by atoms with Gasteiger partial charge in [-0.3, -0.25) is 4.90 Å². The number of aliphatic hydroxyl groups is 1. The van der Waals surface area contributed by atoms with Gasteiger partial charge in [-0.05, 0) is 44.3 Å². The quantitative estimate of drug-likeness (QED) is 0.838. The number of likely N-dealkylation sites (tertiary alicyclic amines) is 1. The van der Waals surface area contributed by atoms with E-state index in [1.807, 2.05) is 18.2 Å². The molecular weight excluding hydrogens is 214 g/mol. The van der Waals surface area contributed by atoms with Crippen LogP contribution in [0.1, 0.15) is 24.8 Å². The van der Waals surface area contributed by atoms with Gasteiger partial charge in [0.2, 0.25) is 0 Å². The highest BCUT2D eigenvalue weighted by molar-refractivity contribution is 5.31. The van der Waals surface area contributed by atoms with Crippen molar-refractivity contribution in [1.82, 2.24) is 4.90 Å². The zero-order chi connectivity index (χ0) is 12.1. The third kappa shape index (κ3) is 3.45. The second kappa shape index (κ2) is 6.03. The van der Waals surface area contributed by atoms with E-state index in [4.69, 9.17) is 5.11 Å². The molecule has 0 radical (unpaired) electrons. The highest BCUT2D eigenvalue weighted by Crippen LogP contribution is 2.23. The smallest absolute Gasteiger partial charge is 0.120 e. The Kier molecular flexibility index (Phi) is 4.40.